The van der Waals surface area contributed by atoms with Crippen LogP contribution < -0.4 is 14.8 Å². The molecule has 8 rings (SSSR count). The smallest absolute Gasteiger partial charge is 0.409 e. The lowest BCUT2D eigenvalue weighted by atomic mass is 9.88. The average molecular weight is 726 g/mol. The van der Waals surface area contributed by atoms with Crippen molar-refractivity contribution in [1.29, 1.82) is 0 Å². The third-order valence-corrected chi connectivity index (χ3v) is 10.8. The molecule has 2 aliphatic carbocycles. The zero-order chi connectivity index (χ0) is 35.5. The topological polar surface area (TPSA) is 95.5 Å². The first-order valence-corrected chi connectivity index (χ1v) is 18.6. The lowest BCUT2D eigenvalue weighted by Gasteiger charge is -2.29. The standard InChI is InChI=1S/C22H23ClN2O3.C19H19ClN2O/c1-2-28-22(26)24-12-9-15(10-13-24)20-19-8-7-18(23)14-17(19)6-5-16-4-3-11-25(27)21(16)20;20-16-5-6-17-15(12-16)4-3-14-2-1-11-22(23)19(14)18(17)13-7-9-21-10-8-13/h3-4,7-8,11,14H,2,5-6,9-10,12-13H2,1H3;1-2,5-6,11-12,21H,3-4,7-10H2. The molecule has 264 valence electrons. The van der Waals surface area contributed by atoms with Crippen molar-refractivity contribution in [2.24, 2.45) is 0 Å². The fourth-order valence-corrected chi connectivity index (χ4v) is 8.34. The van der Waals surface area contributed by atoms with Gasteiger partial charge in [-0.1, -0.05) is 46.5 Å². The molecule has 2 aromatic carbocycles. The second-order valence-corrected chi connectivity index (χ2v) is 14.3. The van der Waals surface area contributed by atoms with Crippen LogP contribution in [-0.4, -0.2) is 43.8 Å². The summed E-state index contributed by atoms with van der Waals surface area (Å²) in [6, 6.07) is 19.8. The Morgan fingerprint density at radius 1 is 0.706 bits per heavy atom. The minimum atomic E-state index is -0.265. The van der Waals surface area contributed by atoms with Crippen LogP contribution in [0.2, 0.25) is 10.0 Å². The highest BCUT2D eigenvalue weighted by Crippen LogP contribution is 2.39. The van der Waals surface area contributed by atoms with Crippen LogP contribution in [0.4, 0.5) is 4.79 Å². The molecule has 0 saturated carbocycles. The van der Waals surface area contributed by atoms with Crippen molar-refractivity contribution in [1.82, 2.24) is 10.2 Å². The summed E-state index contributed by atoms with van der Waals surface area (Å²) in [5.74, 6) is 0. The first-order valence-electron chi connectivity index (χ1n) is 17.9. The summed E-state index contributed by atoms with van der Waals surface area (Å²) in [6.07, 6.45) is 9.79. The number of nitrogens with zero attached hydrogens (tertiary/aromatic N) is 3. The van der Waals surface area contributed by atoms with Crippen LogP contribution in [-0.2, 0) is 30.4 Å². The molecule has 4 heterocycles. The number of carbonyl (C=O) groups is 1. The number of nitrogens with one attached hydrogen (secondary N) is 1. The third-order valence-electron chi connectivity index (χ3n) is 10.4. The van der Waals surface area contributed by atoms with E-state index in [0.717, 1.165) is 118 Å². The largest absolute Gasteiger partial charge is 0.618 e. The van der Waals surface area contributed by atoms with Gasteiger partial charge in [0, 0.05) is 46.4 Å². The summed E-state index contributed by atoms with van der Waals surface area (Å²) in [6.45, 7) is 5.34. The summed E-state index contributed by atoms with van der Waals surface area (Å²) in [5, 5.41) is 30.2. The molecule has 2 aromatic heterocycles. The molecule has 2 saturated heterocycles. The predicted octanol–water partition coefficient (Wildman–Crippen LogP) is 7.38. The number of likely N-dealkylation sites (tertiary alicyclic amines) is 1. The Bertz CT molecular complexity index is 2020. The zero-order valence-electron chi connectivity index (χ0n) is 28.9. The van der Waals surface area contributed by atoms with Gasteiger partial charge in [0.05, 0.1) is 17.8 Å². The summed E-state index contributed by atoms with van der Waals surface area (Å²) < 4.78 is 7.16. The molecular formula is C41H42Cl2N4O4. The summed E-state index contributed by atoms with van der Waals surface area (Å²) >= 11 is 12.5. The molecule has 1 amide bonds. The Balaban J connectivity index is 0.000000162. The fourth-order valence-electron chi connectivity index (χ4n) is 7.95. The Labute approximate surface area is 309 Å². The van der Waals surface area contributed by atoms with Gasteiger partial charge in [-0.25, -0.2) is 4.79 Å². The number of pyridine rings is 2. The SMILES string of the molecule is CCOC(=O)N1CCC(=C2c3ccc(Cl)cc3CCc3ccc[n+]([O-])c32)CC1.[O-][n+]1cccc2c1C(=C1CCNCC1)c1ccc(Cl)cc1CC2. The molecule has 4 aromatic rings. The van der Waals surface area contributed by atoms with Crippen molar-refractivity contribution in [3.8, 4) is 0 Å². The summed E-state index contributed by atoms with van der Waals surface area (Å²) in [4.78, 5) is 13.8. The van der Waals surface area contributed by atoms with Gasteiger partial charge in [0.15, 0.2) is 12.4 Å². The van der Waals surface area contributed by atoms with Crippen LogP contribution in [0.25, 0.3) is 11.1 Å². The normalized spacial score (nSPS) is 16.8. The van der Waals surface area contributed by atoms with E-state index in [9.17, 15) is 15.2 Å². The zero-order valence-corrected chi connectivity index (χ0v) is 30.4. The van der Waals surface area contributed by atoms with E-state index < -0.39 is 0 Å². The van der Waals surface area contributed by atoms with Gasteiger partial charge >= 0.3 is 6.09 Å². The summed E-state index contributed by atoms with van der Waals surface area (Å²) in [7, 11) is 0. The minimum absolute atomic E-state index is 0.265. The third kappa shape index (κ3) is 7.36. The van der Waals surface area contributed by atoms with E-state index in [4.69, 9.17) is 27.9 Å². The van der Waals surface area contributed by atoms with Crippen molar-refractivity contribution in [3.05, 3.63) is 149 Å². The highest BCUT2D eigenvalue weighted by atomic mass is 35.5. The highest BCUT2D eigenvalue weighted by molar-refractivity contribution is 6.31. The Hall–Kier alpha value is -4.37. The first-order chi connectivity index (χ1) is 24.8. The second kappa shape index (κ2) is 15.5. The molecule has 1 N–H and O–H groups in total. The van der Waals surface area contributed by atoms with Crippen molar-refractivity contribution in [2.75, 3.05) is 32.8 Å². The second-order valence-electron chi connectivity index (χ2n) is 13.4. The van der Waals surface area contributed by atoms with Crippen LogP contribution >= 0.6 is 23.2 Å². The highest BCUT2D eigenvalue weighted by Gasteiger charge is 2.31. The number of rotatable bonds is 1. The molecule has 0 radical (unpaired) electrons. The number of ether oxygens (including phenoxy) is 1. The maximum absolute atomic E-state index is 12.8. The molecule has 4 aliphatic rings. The van der Waals surface area contributed by atoms with Gasteiger partial charge in [-0.2, -0.15) is 9.46 Å². The number of benzene rings is 2. The molecule has 0 bridgehead atoms. The minimum Gasteiger partial charge on any atom is -0.618 e. The lowest BCUT2D eigenvalue weighted by Crippen LogP contribution is -2.38. The quantitative estimate of drug-likeness (QED) is 0.163. The molecule has 2 fully saturated rings. The van der Waals surface area contributed by atoms with Gasteiger partial charge in [-0.05, 0) is 130 Å². The lowest BCUT2D eigenvalue weighted by molar-refractivity contribution is -0.608. The van der Waals surface area contributed by atoms with Gasteiger partial charge in [0.1, 0.15) is 0 Å². The van der Waals surface area contributed by atoms with Crippen molar-refractivity contribution in [2.45, 2.75) is 58.3 Å². The van der Waals surface area contributed by atoms with Crippen LogP contribution in [0.15, 0.2) is 84.2 Å². The van der Waals surface area contributed by atoms with E-state index in [1.165, 1.54) is 27.8 Å². The Kier molecular flexibility index (Phi) is 10.6. The first kappa shape index (κ1) is 35.1. The molecule has 8 nitrogen and oxygen atoms in total. The van der Waals surface area contributed by atoms with Crippen LogP contribution in [0.5, 0.6) is 0 Å². The van der Waals surface area contributed by atoms with E-state index in [2.05, 4.69) is 23.5 Å². The number of aromatic nitrogens is 2. The average Bonchev–Trinajstić information content (AvgIpc) is 3.41. The number of piperidine rings is 2. The number of carbonyl (C=O) groups excluding carboxylic acids is 1. The monoisotopic (exact) mass is 724 g/mol. The van der Waals surface area contributed by atoms with E-state index in [-0.39, 0.29) is 6.09 Å². The molecule has 0 unspecified atom stereocenters. The number of amides is 1. The van der Waals surface area contributed by atoms with Crippen LogP contribution in [0, 0.1) is 10.4 Å². The fraction of sp³-hybridized carbons (Fsp3) is 0.341. The molecule has 51 heavy (non-hydrogen) atoms. The van der Waals surface area contributed by atoms with Gasteiger partial charge in [0.2, 0.25) is 11.4 Å². The Morgan fingerprint density at radius 3 is 1.67 bits per heavy atom. The van der Waals surface area contributed by atoms with Gasteiger partial charge in [-0.3, -0.25) is 0 Å². The molecule has 10 heteroatoms. The number of aryl methyl sites for hydroxylation is 4. The number of halogens is 2. The molecule has 0 spiro atoms. The predicted molar refractivity (Wildman–Crippen MR) is 201 cm³/mol. The van der Waals surface area contributed by atoms with Gasteiger partial charge in [-0.15, -0.1) is 0 Å². The van der Waals surface area contributed by atoms with Crippen LogP contribution in [0.1, 0.15) is 77.4 Å². The number of hydrogen-bond acceptors (Lipinski definition) is 5. The van der Waals surface area contributed by atoms with Crippen molar-refractivity contribution >= 4 is 40.4 Å². The van der Waals surface area contributed by atoms with E-state index in [0.29, 0.717) is 24.7 Å². The van der Waals surface area contributed by atoms with E-state index >= 15 is 0 Å². The van der Waals surface area contributed by atoms with Gasteiger partial charge in [0.25, 0.3) is 0 Å². The van der Waals surface area contributed by atoms with E-state index in [1.54, 1.807) is 23.4 Å². The molecular weight excluding hydrogens is 683 g/mol. The van der Waals surface area contributed by atoms with Crippen LogP contribution in [0.3, 0.4) is 0 Å². The maximum Gasteiger partial charge on any atom is 0.409 e. The van der Waals surface area contributed by atoms with E-state index in [1.807, 2.05) is 43.3 Å². The maximum atomic E-state index is 12.8. The molecule has 2 aliphatic heterocycles. The number of hydrogen-bond donors (Lipinski definition) is 1. The number of fused-ring (bicyclic) bond motifs is 4. The van der Waals surface area contributed by atoms with Crippen molar-refractivity contribution < 1.29 is 19.0 Å². The Morgan fingerprint density at radius 2 is 1.18 bits per heavy atom. The van der Waals surface area contributed by atoms with Crippen molar-refractivity contribution in [3.63, 3.8) is 0 Å². The summed E-state index contributed by atoms with van der Waals surface area (Å²) in [5.41, 5.74) is 13.2. The van der Waals surface area contributed by atoms with Gasteiger partial charge < -0.3 is 25.4 Å². The molecule has 0 atom stereocenters.